The third-order valence-electron chi connectivity index (χ3n) is 16.5. The van der Waals surface area contributed by atoms with Crippen molar-refractivity contribution in [1.82, 2.24) is 5.32 Å². The van der Waals surface area contributed by atoms with Crippen LogP contribution in [0.5, 0.6) is 0 Å². The lowest BCUT2D eigenvalue weighted by molar-refractivity contribution is -0.379. The van der Waals surface area contributed by atoms with Crippen LogP contribution in [-0.4, -0.2) is 193 Å². The molecule has 3 aliphatic rings. The third-order valence-corrected chi connectivity index (χ3v) is 16.5. The lowest BCUT2D eigenvalue weighted by atomic mass is 9.96. The number of hydrogen-bond donors (Lipinski definition) is 12. The molecule has 0 saturated carbocycles. The quantitative estimate of drug-likeness (QED) is 0.0202. The van der Waals surface area contributed by atoms with Gasteiger partial charge in [-0.1, -0.05) is 222 Å². The average molecular weight is 1240 g/mol. The van der Waals surface area contributed by atoms with Crippen LogP contribution in [0.4, 0.5) is 0 Å². The van der Waals surface area contributed by atoms with E-state index in [0.29, 0.717) is 12.8 Å². The summed E-state index contributed by atoms with van der Waals surface area (Å²) in [5, 5.41) is 121. The number of amides is 1. The molecule has 87 heavy (non-hydrogen) atoms. The van der Waals surface area contributed by atoms with Crippen molar-refractivity contribution in [3.63, 3.8) is 0 Å². The summed E-state index contributed by atoms with van der Waals surface area (Å²) >= 11 is 0. The van der Waals surface area contributed by atoms with Gasteiger partial charge in [-0.25, -0.2) is 0 Å². The van der Waals surface area contributed by atoms with Crippen molar-refractivity contribution < 1.29 is 89.4 Å². The molecule has 17 unspecified atom stereocenters. The van der Waals surface area contributed by atoms with Gasteiger partial charge >= 0.3 is 0 Å². The van der Waals surface area contributed by atoms with Gasteiger partial charge in [0.05, 0.1) is 38.6 Å². The first-order chi connectivity index (χ1) is 42.3. The fraction of sp³-hybridized carbons (Fsp3) is 0.809. The number of unbranched alkanes of at least 4 members (excludes halogenated alkanes) is 22. The molecule has 0 aliphatic carbocycles. The molecule has 504 valence electrons. The fourth-order valence-electron chi connectivity index (χ4n) is 11.1. The van der Waals surface area contributed by atoms with Crippen LogP contribution in [0.2, 0.25) is 0 Å². The Morgan fingerprint density at radius 1 is 0.425 bits per heavy atom. The van der Waals surface area contributed by atoms with E-state index in [2.05, 4.69) is 92.1 Å². The molecule has 0 spiro atoms. The number of aliphatic hydroxyl groups is 11. The van der Waals surface area contributed by atoms with Crippen LogP contribution in [-0.2, 0) is 33.2 Å². The first-order valence-corrected chi connectivity index (χ1v) is 33.7. The highest BCUT2D eigenvalue weighted by molar-refractivity contribution is 5.76. The van der Waals surface area contributed by atoms with E-state index in [1.807, 2.05) is 0 Å². The number of carbonyl (C=O) groups excluding carboxylic acids is 1. The van der Waals surface area contributed by atoms with Crippen molar-refractivity contribution in [3.05, 3.63) is 72.9 Å². The van der Waals surface area contributed by atoms with Crippen LogP contribution in [0.25, 0.3) is 0 Å². The summed E-state index contributed by atoms with van der Waals surface area (Å²) in [6, 6.07) is -0.906. The van der Waals surface area contributed by atoms with Gasteiger partial charge in [-0.15, -0.1) is 0 Å². The molecule has 3 fully saturated rings. The van der Waals surface area contributed by atoms with Gasteiger partial charge in [-0.3, -0.25) is 4.79 Å². The summed E-state index contributed by atoms with van der Waals surface area (Å²) < 4.78 is 34.4. The Kier molecular flexibility index (Phi) is 45.0. The van der Waals surface area contributed by atoms with Crippen LogP contribution in [0.1, 0.15) is 219 Å². The van der Waals surface area contributed by atoms with E-state index in [9.17, 15) is 61.0 Å². The third kappa shape index (κ3) is 32.4. The van der Waals surface area contributed by atoms with Crippen molar-refractivity contribution >= 4 is 5.91 Å². The Balaban J connectivity index is 1.46. The van der Waals surface area contributed by atoms with E-state index >= 15 is 0 Å². The summed E-state index contributed by atoms with van der Waals surface area (Å²) in [4.78, 5) is 13.4. The number of aliphatic hydroxyl groups excluding tert-OH is 11. The fourth-order valence-corrected chi connectivity index (χ4v) is 11.1. The minimum Gasteiger partial charge on any atom is -0.394 e. The molecule has 17 atom stereocenters. The van der Waals surface area contributed by atoms with Gasteiger partial charge in [-0.2, -0.15) is 0 Å². The molecule has 12 N–H and O–H groups in total. The molecule has 1 amide bonds. The van der Waals surface area contributed by atoms with Gasteiger partial charge in [0, 0.05) is 6.42 Å². The standard InChI is InChI=1S/C68H119NO18/c1-3-5-7-9-11-13-15-17-19-21-23-24-25-26-28-30-32-34-36-38-40-42-44-46-56(74)69-51(52(73)45-43-41-39-37-35-33-31-29-27-22-20-18-16-14-12-10-8-6-4-2)50-82-66-62(80)59(77)64(54(48-71)84-66)87-68-63(81)60(78)65(55(49-72)85-68)86-67-61(79)58(76)57(75)53(47-70)83-67/h5,7,11,13,17,19,23-24,26,28,32,34,51-55,57-68,70-73,75-81H,3-4,6,8-10,12,14-16,18,20-22,25,27,29-31,33,35-50H2,1-2H3,(H,69,74)/b7-5-,13-11-,19-17-,24-23-,28-26-,34-32-. The number of rotatable bonds is 50. The minimum atomic E-state index is -1.98. The second-order valence-corrected chi connectivity index (χ2v) is 23.9. The molecule has 3 heterocycles. The smallest absolute Gasteiger partial charge is 0.220 e. The van der Waals surface area contributed by atoms with E-state index in [0.717, 1.165) is 89.9 Å². The SMILES string of the molecule is CC/C=C\C/C=C\C/C=C\C/C=C\C/C=C\C/C=C\CCCCCCC(=O)NC(COC1OC(CO)C(OC2OC(CO)C(OC3OC(CO)C(O)C(O)C3O)C(O)C2O)C(O)C1O)C(O)CCCCCCCCCCCCCCCCCCCCC. The van der Waals surface area contributed by atoms with Gasteiger partial charge in [0.2, 0.25) is 5.91 Å². The maximum atomic E-state index is 13.4. The van der Waals surface area contributed by atoms with Gasteiger partial charge in [0.1, 0.15) is 73.2 Å². The van der Waals surface area contributed by atoms with E-state index in [4.69, 9.17) is 28.4 Å². The lowest BCUT2D eigenvalue weighted by Crippen LogP contribution is -2.66. The zero-order valence-electron chi connectivity index (χ0n) is 53.0. The predicted molar refractivity (Wildman–Crippen MR) is 337 cm³/mol. The molecule has 0 aromatic rings. The molecule has 3 saturated heterocycles. The second kappa shape index (κ2) is 49.9. The summed E-state index contributed by atoms with van der Waals surface area (Å²) in [7, 11) is 0. The first-order valence-electron chi connectivity index (χ1n) is 33.7. The van der Waals surface area contributed by atoms with E-state index in [1.165, 1.54) is 96.3 Å². The molecule has 0 radical (unpaired) electrons. The van der Waals surface area contributed by atoms with Gasteiger partial charge in [-0.05, 0) is 64.2 Å². The molecule has 19 heteroatoms. The van der Waals surface area contributed by atoms with Crippen molar-refractivity contribution in [3.8, 4) is 0 Å². The first kappa shape index (κ1) is 78.5. The Morgan fingerprint density at radius 2 is 0.793 bits per heavy atom. The van der Waals surface area contributed by atoms with Gasteiger partial charge in [0.15, 0.2) is 18.9 Å². The highest BCUT2D eigenvalue weighted by Gasteiger charge is 2.53. The van der Waals surface area contributed by atoms with Crippen molar-refractivity contribution in [2.45, 2.75) is 324 Å². The number of allylic oxidation sites excluding steroid dienone is 12. The number of ether oxygens (including phenoxy) is 6. The second-order valence-electron chi connectivity index (χ2n) is 23.9. The molecule has 19 nitrogen and oxygen atoms in total. The van der Waals surface area contributed by atoms with Crippen LogP contribution in [0, 0.1) is 0 Å². The van der Waals surface area contributed by atoms with Crippen LogP contribution >= 0.6 is 0 Å². The minimum absolute atomic E-state index is 0.233. The van der Waals surface area contributed by atoms with E-state index in [-0.39, 0.29) is 18.9 Å². The van der Waals surface area contributed by atoms with Crippen LogP contribution in [0.15, 0.2) is 72.9 Å². The molecule has 0 bridgehead atoms. The average Bonchev–Trinajstić information content (AvgIpc) is 2.58. The lowest BCUT2D eigenvalue weighted by Gasteiger charge is -2.48. The summed E-state index contributed by atoms with van der Waals surface area (Å²) in [6.45, 7) is 1.66. The normalized spacial score (nSPS) is 29.0. The topological polar surface area (TPSA) is 307 Å². The number of carbonyl (C=O) groups is 1. The molecule has 0 aromatic carbocycles. The Hall–Kier alpha value is -2.77. The zero-order chi connectivity index (χ0) is 63.3. The summed E-state index contributed by atoms with van der Waals surface area (Å²) in [5.74, 6) is -0.269. The molecular formula is C68H119NO18. The summed E-state index contributed by atoms with van der Waals surface area (Å²) in [5.41, 5.74) is 0. The highest BCUT2D eigenvalue weighted by Crippen LogP contribution is 2.33. The largest absolute Gasteiger partial charge is 0.394 e. The summed E-state index contributed by atoms with van der Waals surface area (Å²) in [6.07, 6.45) is 34.0. The molecule has 3 rings (SSSR count). The van der Waals surface area contributed by atoms with Gasteiger partial charge < -0.3 is 89.9 Å². The Morgan fingerprint density at radius 3 is 1.24 bits per heavy atom. The number of nitrogens with one attached hydrogen (secondary N) is 1. The number of hydrogen-bond acceptors (Lipinski definition) is 18. The molecule has 0 aromatic heterocycles. The van der Waals surface area contributed by atoms with Crippen molar-refractivity contribution in [2.24, 2.45) is 0 Å². The van der Waals surface area contributed by atoms with E-state index < -0.39 is 124 Å². The monoisotopic (exact) mass is 1240 g/mol. The Bertz CT molecular complexity index is 1860. The zero-order valence-corrected chi connectivity index (χ0v) is 53.0. The molecule has 3 aliphatic heterocycles. The van der Waals surface area contributed by atoms with Crippen molar-refractivity contribution in [2.75, 3.05) is 26.4 Å². The van der Waals surface area contributed by atoms with Gasteiger partial charge in [0.25, 0.3) is 0 Å². The Labute approximate surface area is 521 Å². The molecular weight excluding hydrogens is 1120 g/mol. The van der Waals surface area contributed by atoms with Crippen LogP contribution in [0.3, 0.4) is 0 Å². The van der Waals surface area contributed by atoms with E-state index in [1.54, 1.807) is 0 Å². The maximum Gasteiger partial charge on any atom is 0.220 e. The predicted octanol–water partition coefficient (Wildman–Crippen LogP) is 8.16. The van der Waals surface area contributed by atoms with Crippen LogP contribution < -0.4 is 5.32 Å². The highest BCUT2D eigenvalue weighted by atomic mass is 16.8. The van der Waals surface area contributed by atoms with Crippen molar-refractivity contribution in [1.29, 1.82) is 0 Å². The maximum absolute atomic E-state index is 13.4.